The van der Waals surface area contributed by atoms with Gasteiger partial charge in [-0.05, 0) is 32.4 Å². The van der Waals surface area contributed by atoms with Crippen molar-refractivity contribution < 1.29 is 14.2 Å². The van der Waals surface area contributed by atoms with Crippen LogP contribution in [0.1, 0.15) is 25.0 Å². The molecular formula is C11H16FNO2. The number of phenols is 1. The second kappa shape index (κ2) is 3.70. The van der Waals surface area contributed by atoms with Crippen LogP contribution in [0.3, 0.4) is 0 Å². The van der Waals surface area contributed by atoms with Crippen molar-refractivity contribution in [3.8, 4) is 11.5 Å². The summed E-state index contributed by atoms with van der Waals surface area (Å²) in [5.74, 6) is -1.04. The number of nitrogens with two attached hydrogens (primary N) is 1. The maximum Gasteiger partial charge on any atom is 0.194 e. The van der Waals surface area contributed by atoms with Gasteiger partial charge in [-0.15, -0.1) is 0 Å². The number of hydrogen-bond acceptors (Lipinski definition) is 3. The fourth-order valence-corrected chi connectivity index (χ4v) is 1.49. The van der Waals surface area contributed by atoms with Crippen LogP contribution in [0, 0.1) is 12.7 Å². The molecule has 0 amide bonds. The number of benzene rings is 1. The van der Waals surface area contributed by atoms with E-state index in [2.05, 4.69) is 0 Å². The van der Waals surface area contributed by atoms with Crippen LogP contribution in [-0.4, -0.2) is 12.2 Å². The quantitative estimate of drug-likeness (QED) is 0.790. The van der Waals surface area contributed by atoms with Crippen molar-refractivity contribution in [3.05, 3.63) is 23.0 Å². The van der Waals surface area contributed by atoms with Gasteiger partial charge in [-0.25, -0.2) is 4.39 Å². The third-order valence-corrected chi connectivity index (χ3v) is 2.28. The predicted octanol–water partition coefficient (Wildman–Crippen LogP) is 2.04. The number of hydrogen-bond donors (Lipinski definition) is 2. The number of phenolic OH excluding ortho intramolecular Hbond substituents is 1. The lowest BCUT2D eigenvalue weighted by atomic mass is 9.93. The number of methoxy groups -OCH3 is 1. The summed E-state index contributed by atoms with van der Waals surface area (Å²) in [6, 6.07) is 1.59. The van der Waals surface area contributed by atoms with Crippen molar-refractivity contribution in [2.75, 3.05) is 7.11 Å². The van der Waals surface area contributed by atoms with Crippen LogP contribution in [0.25, 0.3) is 0 Å². The summed E-state index contributed by atoms with van der Waals surface area (Å²) < 4.78 is 18.6. The normalized spacial score (nSPS) is 11.6. The Morgan fingerprint density at radius 3 is 2.40 bits per heavy atom. The molecule has 3 nitrogen and oxygen atoms in total. The Balaban J connectivity index is 3.48. The average Bonchev–Trinajstić information content (AvgIpc) is 2.10. The Bertz CT molecular complexity index is 383. The molecule has 1 aromatic carbocycles. The zero-order valence-corrected chi connectivity index (χ0v) is 9.39. The molecule has 1 rings (SSSR count). The largest absolute Gasteiger partial charge is 0.502 e. The molecular weight excluding hydrogens is 197 g/mol. The summed E-state index contributed by atoms with van der Waals surface area (Å²) in [6.07, 6.45) is 0. The van der Waals surface area contributed by atoms with E-state index in [9.17, 15) is 9.50 Å². The van der Waals surface area contributed by atoms with Gasteiger partial charge in [-0.1, -0.05) is 0 Å². The van der Waals surface area contributed by atoms with E-state index in [-0.39, 0.29) is 11.3 Å². The Morgan fingerprint density at radius 1 is 1.47 bits per heavy atom. The molecule has 0 saturated heterocycles. The lowest BCUT2D eigenvalue weighted by Crippen LogP contribution is -2.30. The molecule has 0 radical (unpaired) electrons. The Morgan fingerprint density at radius 2 is 2.00 bits per heavy atom. The smallest absolute Gasteiger partial charge is 0.194 e. The maximum absolute atomic E-state index is 13.7. The third kappa shape index (κ3) is 2.04. The molecule has 0 unspecified atom stereocenters. The number of ether oxygens (including phenoxy) is 1. The molecule has 0 aliphatic rings. The minimum Gasteiger partial charge on any atom is -0.502 e. The molecule has 0 fully saturated rings. The van der Waals surface area contributed by atoms with Gasteiger partial charge in [-0.3, -0.25) is 0 Å². The molecule has 3 N–H and O–H groups in total. The van der Waals surface area contributed by atoms with Crippen molar-refractivity contribution in [2.45, 2.75) is 26.3 Å². The van der Waals surface area contributed by atoms with E-state index in [1.807, 2.05) is 0 Å². The zero-order chi connectivity index (χ0) is 11.8. The molecule has 15 heavy (non-hydrogen) atoms. The Kier molecular flexibility index (Phi) is 2.90. The number of aryl methyl sites for hydroxylation is 1. The number of aromatic hydroxyl groups is 1. The third-order valence-electron chi connectivity index (χ3n) is 2.28. The van der Waals surface area contributed by atoms with E-state index in [0.29, 0.717) is 5.56 Å². The van der Waals surface area contributed by atoms with Crippen molar-refractivity contribution in [3.63, 3.8) is 0 Å². The SMILES string of the molecule is COc1c(C)cc(C(C)(C)N)c(F)c1O. The first-order chi connectivity index (χ1) is 6.79. The van der Waals surface area contributed by atoms with E-state index in [0.717, 1.165) is 0 Å². The molecule has 4 heteroatoms. The van der Waals surface area contributed by atoms with Crippen LogP contribution < -0.4 is 10.5 Å². The zero-order valence-electron chi connectivity index (χ0n) is 9.39. The van der Waals surface area contributed by atoms with E-state index in [1.54, 1.807) is 26.8 Å². The lowest BCUT2D eigenvalue weighted by molar-refractivity contribution is 0.348. The topological polar surface area (TPSA) is 55.5 Å². The highest BCUT2D eigenvalue weighted by Crippen LogP contribution is 2.37. The summed E-state index contributed by atoms with van der Waals surface area (Å²) in [4.78, 5) is 0. The standard InChI is InChI=1S/C11H16FNO2/c1-6-5-7(11(2,3)13)8(12)9(14)10(6)15-4/h5,14H,13H2,1-4H3. The van der Waals surface area contributed by atoms with Gasteiger partial charge in [0.05, 0.1) is 7.11 Å². The molecule has 0 saturated carbocycles. The maximum atomic E-state index is 13.7. The minimum atomic E-state index is -0.835. The molecule has 1 aromatic rings. The summed E-state index contributed by atoms with van der Waals surface area (Å²) in [7, 11) is 1.38. The van der Waals surface area contributed by atoms with Crippen molar-refractivity contribution in [1.29, 1.82) is 0 Å². The molecule has 0 aliphatic carbocycles. The average molecular weight is 213 g/mol. The van der Waals surface area contributed by atoms with Gasteiger partial charge in [0, 0.05) is 11.1 Å². The fourth-order valence-electron chi connectivity index (χ4n) is 1.49. The molecule has 0 aliphatic heterocycles. The molecule has 0 bridgehead atoms. The monoisotopic (exact) mass is 213 g/mol. The highest BCUT2D eigenvalue weighted by molar-refractivity contribution is 5.50. The Labute approximate surface area is 88.7 Å². The fraction of sp³-hybridized carbons (Fsp3) is 0.455. The van der Waals surface area contributed by atoms with E-state index < -0.39 is 17.1 Å². The highest BCUT2D eigenvalue weighted by atomic mass is 19.1. The van der Waals surface area contributed by atoms with Crippen molar-refractivity contribution >= 4 is 0 Å². The van der Waals surface area contributed by atoms with Gasteiger partial charge in [-0.2, -0.15) is 0 Å². The van der Waals surface area contributed by atoms with E-state index >= 15 is 0 Å². The van der Waals surface area contributed by atoms with Crippen LogP contribution in [0.2, 0.25) is 0 Å². The van der Waals surface area contributed by atoms with Crippen LogP contribution in [0.4, 0.5) is 4.39 Å². The molecule has 84 valence electrons. The summed E-state index contributed by atoms with van der Waals surface area (Å²) >= 11 is 0. The number of rotatable bonds is 2. The lowest BCUT2D eigenvalue weighted by Gasteiger charge is -2.22. The second-order valence-electron chi connectivity index (χ2n) is 4.16. The summed E-state index contributed by atoms with van der Waals surface area (Å²) in [5.41, 5.74) is 5.89. The van der Waals surface area contributed by atoms with Gasteiger partial charge in [0.1, 0.15) is 0 Å². The molecule has 0 heterocycles. The van der Waals surface area contributed by atoms with Gasteiger partial charge in [0.15, 0.2) is 17.3 Å². The van der Waals surface area contributed by atoms with Crippen molar-refractivity contribution in [2.24, 2.45) is 5.73 Å². The van der Waals surface area contributed by atoms with Gasteiger partial charge in [0.25, 0.3) is 0 Å². The Hall–Kier alpha value is -1.29. The molecule has 0 atom stereocenters. The van der Waals surface area contributed by atoms with Gasteiger partial charge >= 0.3 is 0 Å². The predicted molar refractivity (Wildman–Crippen MR) is 56.6 cm³/mol. The van der Waals surface area contributed by atoms with Crippen LogP contribution in [0.15, 0.2) is 6.07 Å². The van der Waals surface area contributed by atoms with E-state index in [1.165, 1.54) is 7.11 Å². The summed E-state index contributed by atoms with van der Waals surface area (Å²) in [5, 5.41) is 9.57. The van der Waals surface area contributed by atoms with Crippen LogP contribution >= 0.6 is 0 Å². The van der Waals surface area contributed by atoms with Crippen molar-refractivity contribution in [1.82, 2.24) is 0 Å². The second-order valence-corrected chi connectivity index (χ2v) is 4.16. The van der Waals surface area contributed by atoms with Crippen LogP contribution in [0.5, 0.6) is 11.5 Å². The minimum absolute atomic E-state index is 0.153. The van der Waals surface area contributed by atoms with Gasteiger partial charge in [0.2, 0.25) is 0 Å². The van der Waals surface area contributed by atoms with Crippen LogP contribution in [-0.2, 0) is 5.54 Å². The summed E-state index contributed by atoms with van der Waals surface area (Å²) in [6.45, 7) is 5.08. The molecule has 0 aromatic heterocycles. The van der Waals surface area contributed by atoms with Gasteiger partial charge < -0.3 is 15.6 Å². The molecule has 0 spiro atoms. The highest BCUT2D eigenvalue weighted by Gasteiger charge is 2.24. The first-order valence-electron chi connectivity index (χ1n) is 4.64. The first-order valence-corrected chi connectivity index (χ1v) is 4.64. The van der Waals surface area contributed by atoms with E-state index in [4.69, 9.17) is 10.5 Å². The first kappa shape index (κ1) is 11.8. The number of halogens is 1.